The Hall–Kier alpha value is -0.390. The van der Waals surface area contributed by atoms with Crippen molar-refractivity contribution in [3.8, 4) is 0 Å². The summed E-state index contributed by atoms with van der Waals surface area (Å²) in [4.78, 5) is 0. The molecule has 0 aliphatic carbocycles. The molecule has 1 aromatic rings. The molecule has 20 heavy (non-hydrogen) atoms. The molecule has 0 saturated heterocycles. The molecule has 0 aliphatic rings. The highest BCUT2D eigenvalue weighted by atomic mass is 79.9. The van der Waals surface area contributed by atoms with Crippen LogP contribution in [0, 0.1) is 6.92 Å². The first kappa shape index (κ1) is 17.7. The highest BCUT2D eigenvalue weighted by Gasteiger charge is 2.19. The van der Waals surface area contributed by atoms with Gasteiger partial charge < -0.3 is 10.1 Å². The average Bonchev–Trinajstić information content (AvgIpc) is 2.63. The lowest BCUT2D eigenvalue weighted by Crippen LogP contribution is -2.38. The monoisotopic (exact) mass is 345 g/mol. The van der Waals surface area contributed by atoms with E-state index >= 15 is 0 Å². The number of nitrogens with one attached hydrogen (secondary N) is 1. The third-order valence-corrected chi connectivity index (χ3v) is 4.13. The van der Waals surface area contributed by atoms with Crippen LogP contribution in [-0.4, -0.2) is 34.6 Å². The van der Waals surface area contributed by atoms with E-state index in [9.17, 15) is 0 Å². The molecule has 1 N–H and O–H groups in total. The summed E-state index contributed by atoms with van der Waals surface area (Å²) in [5, 5.41) is 8.06. The zero-order valence-corrected chi connectivity index (χ0v) is 15.2. The lowest BCUT2D eigenvalue weighted by atomic mass is 10.1. The Kier molecular flexibility index (Phi) is 6.69. The molecule has 0 radical (unpaired) electrons. The Labute approximate surface area is 131 Å². The minimum Gasteiger partial charge on any atom is -0.374 e. The molecule has 0 saturated carbocycles. The van der Waals surface area contributed by atoms with Gasteiger partial charge in [-0.15, -0.1) is 0 Å². The van der Waals surface area contributed by atoms with Crippen molar-refractivity contribution >= 4 is 15.9 Å². The quantitative estimate of drug-likeness (QED) is 0.823. The standard InChI is InChI=1S/C15H28BrN3O/c1-7-17-12(10-20-15(4,5)6)9-13-14(16)11(3)18-19(13)8-2/h12,17H,7-10H2,1-6H3. The first-order valence-corrected chi connectivity index (χ1v) is 8.16. The summed E-state index contributed by atoms with van der Waals surface area (Å²) in [7, 11) is 0. The molecular formula is C15H28BrN3O. The molecule has 1 rings (SSSR count). The maximum Gasteiger partial charge on any atom is 0.0738 e. The van der Waals surface area contributed by atoms with E-state index in [0.29, 0.717) is 12.6 Å². The fraction of sp³-hybridized carbons (Fsp3) is 0.800. The van der Waals surface area contributed by atoms with E-state index in [-0.39, 0.29) is 5.60 Å². The number of nitrogens with zero attached hydrogens (tertiary/aromatic N) is 2. The molecular weight excluding hydrogens is 318 g/mol. The third-order valence-electron chi connectivity index (χ3n) is 3.10. The second-order valence-electron chi connectivity index (χ2n) is 6.04. The van der Waals surface area contributed by atoms with Crippen LogP contribution >= 0.6 is 15.9 Å². The van der Waals surface area contributed by atoms with Crippen molar-refractivity contribution in [2.45, 2.75) is 66.2 Å². The second-order valence-corrected chi connectivity index (χ2v) is 6.84. The zero-order valence-electron chi connectivity index (χ0n) is 13.6. The molecule has 116 valence electrons. The summed E-state index contributed by atoms with van der Waals surface area (Å²) in [6, 6.07) is 0.303. The molecule has 5 heteroatoms. The predicted octanol–water partition coefficient (Wildman–Crippen LogP) is 3.31. The van der Waals surface area contributed by atoms with Gasteiger partial charge in [0.1, 0.15) is 0 Å². The summed E-state index contributed by atoms with van der Waals surface area (Å²) in [5.41, 5.74) is 2.19. The van der Waals surface area contributed by atoms with Crippen LogP contribution in [0.5, 0.6) is 0 Å². The van der Waals surface area contributed by atoms with E-state index in [4.69, 9.17) is 4.74 Å². The molecule has 0 spiro atoms. The summed E-state index contributed by atoms with van der Waals surface area (Å²) in [6.07, 6.45) is 0.916. The van der Waals surface area contributed by atoms with E-state index in [0.717, 1.165) is 29.7 Å². The highest BCUT2D eigenvalue weighted by Crippen LogP contribution is 2.22. The maximum atomic E-state index is 5.93. The van der Waals surface area contributed by atoms with Gasteiger partial charge in [0.25, 0.3) is 0 Å². The average molecular weight is 346 g/mol. The fourth-order valence-electron chi connectivity index (χ4n) is 2.13. The highest BCUT2D eigenvalue weighted by molar-refractivity contribution is 9.10. The number of aryl methyl sites for hydroxylation is 2. The molecule has 0 aromatic carbocycles. The molecule has 1 heterocycles. The molecule has 0 bridgehead atoms. The Morgan fingerprint density at radius 2 is 2.00 bits per heavy atom. The van der Waals surface area contributed by atoms with Crippen molar-refractivity contribution in [2.75, 3.05) is 13.2 Å². The maximum absolute atomic E-state index is 5.93. The Balaban J connectivity index is 2.79. The SMILES string of the molecule is CCNC(COC(C)(C)C)Cc1c(Br)c(C)nn1CC. The van der Waals surface area contributed by atoms with Gasteiger partial charge in [-0.25, -0.2) is 0 Å². The topological polar surface area (TPSA) is 39.1 Å². The van der Waals surface area contributed by atoms with Crippen molar-refractivity contribution in [1.29, 1.82) is 0 Å². The van der Waals surface area contributed by atoms with E-state index in [1.54, 1.807) is 0 Å². The van der Waals surface area contributed by atoms with Gasteiger partial charge in [0, 0.05) is 19.0 Å². The van der Waals surface area contributed by atoms with Gasteiger partial charge in [-0.2, -0.15) is 5.10 Å². The van der Waals surface area contributed by atoms with Crippen molar-refractivity contribution in [1.82, 2.24) is 15.1 Å². The molecule has 0 amide bonds. The molecule has 1 atom stereocenters. The Morgan fingerprint density at radius 1 is 1.35 bits per heavy atom. The minimum atomic E-state index is -0.105. The van der Waals surface area contributed by atoms with Gasteiger partial charge in [0.2, 0.25) is 0 Å². The summed E-state index contributed by atoms with van der Waals surface area (Å²) >= 11 is 3.66. The van der Waals surface area contributed by atoms with E-state index < -0.39 is 0 Å². The van der Waals surface area contributed by atoms with Crippen LogP contribution in [0.4, 0.5) is 0 Å². The minimum absolute atomic E-state index is 0.105. The summed E-state index contributed by atoms with van der Waals surface area (Å²) in [6.45, 7) is 15.1. The first-order chi connectivity index (χ1) is 9.28. The van der Waals surface area contributed by atoms with E-state index in [1.165, 1.54) is 5.69 Å². The lowest BCUT2D eigenvalue weighted by molar-refractivity contribution is -0.0144. The van der Waals surface area contributed by atoms with Crippen LogP contribution < -0.4 is 5.32 Å². The smallest absolute Gasteiger partial charge is 0.0738 e. The number of hydrogen-bond donors (Lipinski definition) is 1. The third kappa shape index (κ3) is 5.19. The van der Waals surface area contributed by atoms with E-state index in [2.05, 4.69) is 65.6 Å². The van der Waals surface area contributed by atoms with Gasteiger partial charge in [0.15, 0.2) is 0 Å². The van der Waals surface area contributed by atoms with Crippen molar-refractivity contribution in [3.05, 3.63) is 15.9 Å². The van der Waals surface area contributed by atoms with Crippen molar-refractivity contribution in [3.63, 3.8) is 0 Å². The van der Waals surface area contributed by atoms with Crippen LogP contribution in [0.2, 0.25) is 0 Å². The normalized spacial score (nSPS) is 13.8. The van der Waals surface area contributed by atoms with Crippen LogP contribution in [0.25, 0.3) is 0 Å². The fourth-order valence-corrected chi connectivity index (χ4v) is 2.57. The van der Waals surface area contributed by atoms with E-state index in [1.807, 2.05) is 6.92 Å². The lowest BCUT2D eigenvalue weighted by Gasteiger charge is -2.25. The van der Waals surface area contributed by atoms with Gasteiger partial charge in [-0.05, 0) is 57.1 Å². The molecule has 1 aromatic heterocycles. The number of rotatable bonds is 7. The van der Waals surface area contributed by atoms with Crippen molar-refractivity contribution in [2.24, 2.45) is 0 Å². The number of aromatic nitrogens is 2. The van der Waals surface area contributed by atoms with Crippen molar-refractivity contribution < 1.29 is 4.74 Å². The number of halogens is 1. The molecule has 1 unspecified atom stereocenters. The van der Waals surface area contributed by atoms with Gasteiger partial charge >= 0.3 is 0 Å². The van der Waals surface area contributed by atoms with Gasteiger partial charge in [-0.1, -0.05) is 6.92 Å². The molecule has 4 nitrogen and oxygen atoms in total. The Morgan fingerprint density at radius 3 is 2.50 bits per heavy atom. The number of hydrogen-bond acceptors (Lipinski definition) is 3. The summed E-state index contributed by atoms with van der Waals surface area (Å²) in [5.74, 6) is 0. The molecule has 0 aliphatic heterocycles. The largest absolute Gasteiger partial charge is 0.374 e. The summed E-state index contributed by atoms with van der Waals surface area (Å²) < 4.78 is 9.12. The second kappa shape index (κ2) is 7.57. The van der Waals surface area contributed by atoms with Crippen LogP contribution in [-0.2, 0) is 17.7 Å². The van der Waals surface area contributed by atoms with Crippen LogP contribution in [0.1, 0.15) is 46.0 Å². The van der Waals surface area contributed by atoms with Gasteiger partial charge in [0.05, 0.1) is 28.1 Å². The van der Waals surface area contributed by atoms with Crippen LogP contribution in [0.3, 0.4) is 0 Å². The zero-order chi connectivity index (χ0) is 15.3. The predicted molar refractivity (Wildman–Crippen MR) is 87.2 cm³/mol. The van der Waals surface area contributed by atoms with Crippen LogP contribution in [0.15, 0.2) is 4.47 Å². The number of likely N-dealkylation sites (N-methyl/N-ethyl adjacent to an activating group) is 1. The Bertz CT molecular complexity index is 423. The van der Waals surface area contributed by atoms with Gasteiger partial charge in [-0.3, -0.25) is 4.68 Å². The number of ether oxygens (including phenoxy) is 1. The first-order valence-electron chi connectivity index (χ1n) is 7.37. The molecule has 0 fully saturated rings.